The highest BCUT2D eigenvalue weighted by molar-refractivity contribution is 6.37. The molecule has 3 aromatic carbocycles. The van der Waals surface area contributed by atoms with Gasteiger partial charge in [0, 0.05) is 6.04 Å². The molecule has 0 amide bonds. The van der Waals surface area contributed by atoms with Crippen LogP contribution < -0.4 is 9.47 Å². The lowest BCUT2D eigenvalue weighted by atomic mass is 9.99. The quantitative estimate of drug-likeness (QED) is 0.183. The Kier molecular flexibility index (Phi) is 7.78. The molecule has 0 saturated heterocycles. The van der Waals surface area contributed by atoms with Crippen LogP contribution in [0.2, 0.25) is 10.0 Å². The summed E-state index contributed by atoms with van der Waals surface area (Å²) in [6.07, 6.45) is -6.25. The van der Waals surface area contributed by atoms with Crippen LogP contribution in [-0.4, -0.2) is 36.0 Å². The molecule has 2 aromatic heterocycles. The SMILES string of the molecule is Cc1cc(OCc2c(C(F)(F)F)nnn2-c2c(Cl)cccc2Cl)ccc1-c1ccc2c(OC(=O)O)nn(C(C)C)c2c1. The van der Waals surface area contributed by atoms with Crippen molar-refractivity contribution in [2.75, 3.05) is 0 Å². The summed E-state index contributed by atoms with van der Waals surface area (Å²) in [5, 5.41) is 21.1. The number of ether oxygens (including phenoxy) is 2. The van der Waals surface area contributed by atoms with Crippen molar-refractivity contribution in [3.05, 3.63) is 81.6 Å². The number of halogens is 5. The molecule has 218 valence electrons. The molecule has 0 aliphatic rings. The first-order valence-corrected chi connectivity index (χ1v) is 13.2. The van der Waals surface area contributed by atoms with Crippen LogP contribution in [0.5, 0.6) is 11.6 Å². The zero-order valence-electron chi connectivity index (χ0n) is 22.3. The fourth-order valence-corrected chi connectivity index (χ4v) is 5.11. The molecule has 0 spiro atoms. The summed E-state index contributed by atoms with van der Waals surface area (Å²) in [6, 6.07) is 15.0. The van der Waals surface area contributed by atoms with Gasteiger partial charge < -0.3 is 14.6 Å². The Balaban J connectivity index is 1.46. The number of hydrogen-bond acceptors (Lipinski definition) is 6. The molecule has 9 nitrogen and oxygen atoms in total. The standard InChI is InChI=1S/C28H22Cl2F3N5O4/c1-14(2)37-22-12-16(7-9-19(22)26(35-37)42-27(39)40)18-10-8-17(11-15(18)3)41-13-23-25(28(31,32)33)34-36-38(23)24-20(29)5-4-6-21(24)30/h4-12,14H,13H2,1-3H3,(H,39,40). The van der Waals surface area contributed by atoms with E-state index in [1.54, 1.807) is 41.1 Å². The first-order chi connectivity index (χ1) is 19.8. The van der Waals surface area contributed by atoms with Gasteiger partial charge in [0.1, 0.15) is 23.7 Å². The fourth-order valence-electron chi connectivity index (χ4n) is 4.55. The number of carboxylic acid groups (broad SMARTS) is 1. The van der Waals surface area contributed by atoms with E-state index in [0.717, 1.165) is 21.4 Å². The highest BCUT2D eigenvalue weighted by Crippen LogP contribution is 2.37. The molecule has 0 unspecified atom stereocenters. The van der Waals surface area contributed by atoms with Crippen LogP contribution in [0, 0.1) is 6.92 Å². The van der Waals surface area contributed by atoms with Crippen LogP contribution in [0.1, 0.15) is 36.8 Å². The number of fused-ring (bicyclic) bond motifs is 1. The van der Waals surface area contributed by atoms with Crippen molar-refractivity contribution in [3.63, 3.8) is 0 Å². The smallest absolute Gasteiger partial charge is 0.487 e. The van der Waals surface area contributed by atoms with E-state index in [2.05, 4.69) is 15.4 Å². The van der Waals surface area contributed by atoms with E-state index in [1.807, 2.05) is 26.8 Å². The minimum Gasteiger partial charge on any atom is -0.487 e. The summed E-state index contributed by atoms with van der Waals surface area (Å²) < 4.78 is 54.6. The Morgan fingerprint density at radius 1 is 1.07 bits per heavy atom. The predicted octanol–water partition coefficient (Wildman–Crippen LogP) is 8.13. The third-order valence-electron chi connectivity index (χ3n) is 6.41. The second kappa shape index (κ2) is 11.2. The Bertz CT molecular complexity index is 1800. The van der Waals surface area contributed by atoms with E-state index >= 15 is 0 Å². The third kappa shape index (κ3) is 5.59. The predicted molar refractivity (Wildman–Crippen MR) is 150 cm³/mol. The number of aryl methyl sites for hydroxylation is 1. The summed E-state index contributed by atoms with van der Waals surface area (Å²) in [4.78, 5) is 11.1. The number of hydrogen-bond donors (Lipinski definition) is 1. The van der Waals surface area contributed by atoms with Crippen LogP contribution in [0.15, 0.2) is 54.6 Å². The van der Waals surface area contributed by atoms with Gasteiger partial charge in [-0.1, -0.05) is 46.6 Å². The molecule has 0 aliphatic heterocycles. The van der Waals surface area contributed by atoms with Gasteiger partial charge in [-0.2, -0.15) is 13.2 Å². The van der Waals surface area contributed by atoms with E-state index in [-0.39, 0.29) is 33.3 Å². The van der Waals surface area contributed by atoms with Crippen molar-refractivity contribution < 1.29 is 32.5 Å². The Morgan fingerprint density at radius 3 is 2.40 bits per heavy atom. The molecule has 2 heterocycles. The Hall–Kier alpha value is -4.29. The third-order valence-corrected chi connectivity index (χ3v) is 7.02. The lowest BCUT2D eigenvalue weighted by Crippen LogP contribution is -2.14. The lowest BCUT2D eigenvalue weighted by molar-refractivity contribution is -0.142. The maximum absolute atomic E-state index is 13.8. The molecule has 0 radical (unpaired) electrons. The zero-order chi connectivity index (χ0) is 30.3. The summed E-state index contributed by atoms with van der Waals surface area (Å²) in [6.45, 7) is 5.13. The van der Waals surface area contributed by atoms with E-state index in [0.29, 0.717) is 16.7 Å². The van der Waals surface area contributed by atoms with Crippen LogP contribution >= 0.6 is 23.2 Å². The van der Waals surface area contributed by atoms with E-state index in [9.17, 15) is 18.0 Å². The van der Waals surface area contributed by atoms with Crippen LogP contribution in [0.4, 0.5) is 18.0 Å². The van der Waals surface area contributed by atoms with Gasteiger partial charge in [0.15, 0.2) is 5.69 Å². The molecule has 14 heteroatoms. The van der Waals surface area contributed by atoms with Gasteiger partial charge in [0.25, 0.3) is 5.88 Å². The van der Waals surface area contributed by atoms with E-state index in [4.69, 9.17) is 37.8 Å². The number of aromatic nitrogens is 5. The van der Waals surface area contributed by atoms with Crippen LogP contribution in [-0.2, 0) is 12.8 Å². The summed E-state index contributed by atoms with van der Waals surface area (Å²) in [7, 11) is 0. The number of para-hydroxylation sites is 1. The first-order valence-electron chi connectivity index (χ1n) is 12.5. The molecule has 0 bridgehead atoms. The number of rotatable bonds is 7. The van der Waals surface area contributed by atoms with Crippen molar-refractivity contribution >= 4 is 40.3 Å². The number of benzene rings is 3. The maximum atomic E-state index is 13.8. The topological polar surface area (TPSA) is 104 Å². The van der Waals surface area contributed by atoms with Gasteiger partial charge in [-0.3, -0.25) is 4.68 Å². The van der Waals surface area contributed by atoms with Gasteiger partial charge in [-0.05, 0) is 73.9 Å². The maximum Gasteiger partial charge on any atom is 0.512 e. The molecule has 0 atom stereocenters. The minimum absolute atomic E-state index is 0.0109. The average molecular weight is 620 g/mol. The Labute approximate surface area is 247 Å². The first kappa shape index (κ1) is 29.2. The monoisotopic (exact) mass is 619 g/mol. The van der Waals surface area contributed by atoms with Gasteiger partial charge in [-0.25, -0.2) is 9.48 Å². The van der Waals surface area contributed by atoms with E-state index in [1.165, 1.54) is 12.1 Å². The van der Waals surface area contributed by atoms with Crippen molar-refractivity contribution in [3.8, 4) is 28.4 Å². The lowest BCUT2D eigenvalue weighted by Gasteiger charge is -2.14. The molecule has 0 fully saturated rings. The van der Waals surface area contributed by atoms with Crippen molar-refractivity contribution in [1.82, 2.24) is 24.8 Å². The number of carbonyl (C=O) groups is 1. The molecule has 0 saturated carbocycles. The molecule has 5 rings (SSSR count). The summed E-state index contributed by atoms with van der Waals surface area (Å²) in [5.74, 6) is 0.302. The highest BCUT2D eigenvalue weighted by atomic mass is 35.5. The van der Waals surface area contributed by atoms with Gasteiger partial charge in [-0.15, -0.1) is 10.2 Å². The van der Waals surface area contributed by atoms with Gasteiger partial charge >= 0.3 is 12.3 Å². The van der Waals surface area contributed by atoms with Gasteiger partial charge in [0.2, 0.25) is 0 Å². The van der Waals surface area contributed by atoms with Crippen molar-refractivity contribution in [1.29, 1.82) is 0 Å². The summed E-state index contributed by atoms with van der Waals surface area (Å²) in [5.41, 5.74) is 1.57. The van der Waals surface area contributed by atoms with Gasteiger partial charge in [0.05, 0.1) is 20.9 Å². The summed E-state index contributed by atoms with van der Waals surface area (Å²) >= 11 is 12.5. The number of nitrogens with zero attached hydrogens (tertiary/aromatic N) is 5. The molecule has 0 aliphatic carbocycles. The normalized spacial score (nSPS) is 11.8. The zero-order valence-corrected chi connectivity index (χ0v) is 23.8. The molecular weight excluding hydrogens is 598 g/mol. The minimum atomic E-state index is -4.79. The highest BCUT2D eigenvalue weighted by Gasteiger charge is 2.39. The molecule has 42 heavy (non-hydrogen) atoms. The van der Waals surface area contributed by atoms with Crippen molar-refractivity contribution in [2.24, 2.45) is 0 Å². The average Bonchev–Trinajstić information content (AvgIpc) is 3.49. The van der Waals surface area contributed by atoms with Crippen LogP contribution in [0.25, 0.3) is 27.7 Å². The molecular formula is C28H22Cl2F3N5O4. The molecule has 1 N–H and O–H groups in total. The second-order valence-corrected chi connectivity index (χ2v) is 10.4. The van der Waals surface area contributed by atoms with Crippen molar-refractivity contribution in [2.45, 2.75) is 39.6 Å². The largest absolute Gasteiger partial charge is 0.512 e. The fraction of sp³-hybridized carbons (Fsp3) is 0.214. The number of alkyl halides is 3. The van der Waals surface area contributed by atoms with E-state index < -0.39 is 24.6 Å². The Morgan fingerprint density at radius 2 is 1.79 bits per heavy atom. The van der Waals surface area contributed by atoms with Crippen LogP contribution in [0.3, 0.4) is 0 Å². The second-order valence-electron chi connectivity index (χ2n) is 9.57. The molecule has 5 aromatic rings.